The summed E-state index contributed by atoms with van der Waals surface area (Å²) in [6.45, 7) is 3.95. The van der Waals surface area contributed by atoms with E-state index in [0.29, 0.717) is 5.75 Å². The second-order valence-corrected chi connectivity index (χ2v) is 6.58. The molecule has 0 rings (SSSR count). The summed E-state index contributed by atoms with van der Waals surface area (Å²) in [5.74, 6) is -1.47. The number of Topliss-reactive ketones (excluding diaryl/α,β-unsaturated/α-hetero) is 1. The molecule has 0 aromatic carbocycles. The third kappa shape index (κ3) is 8.81. The Morgan fingerprint density at radius 2 is 1.30 bits per heavy atom. The van der Waals surface area contributed by atoms with Gasteiger partial charge in [-0.2, -0.15) is 0 Å². The van der Waals surface area contributed by atoms with Crippen LogP contribution in [0.25, 0.3) is 0 Å². The van der Waals surface area contributed by atoms with Crippen molar-refractivity contribution < 1.29 is 24.3 Å². The zero-order valence-electron chi connectivity index (χ0n) is 11.5. The van der Waals surface area contributed by atoms with Gasteiger partial charge in [-0.25, -0.2) is 4.79 Å². The molecule has 0 bridgehead atoms. The van der Waals surface area contributed by atoms with Crippen molar-refractivity contribution in [2.24, 2.45) is 0 Å². The van der Waals surface area contributed by atoms with Crippen LogP contribution < -0.4 is 10.6 Å². The van der Waals surface area contributed by atoms with Gasteiger partial charge >= 0.3 is 5.97 Å². The van der Waals surface area contributed by atoms with E-state index in [1.165, 1.54) is 42.4 Å². The fourth-order valence-electron chi connectivity index (χ4n) is 1.16. The molecule has 0 spiro atoms. The van der Waals surface area contributed by atoms with Crippen molar-refractivity contribution in [2.75, 3.05) is 11.5 Å². The fraction of sp³-hybridized carbons (Fsp3) is 0.636. The average Bonchev–Trinajstić information content (AvgIpc) is 2.29. The van der Waals surface area contributed by atoms with Crippen LogP contribution in [0.4, 0.5) is 0 Å². The molecule has 0 aromatic rings. The zero-order valence-corrected chi connectivity index (χ0v) is 13.1. The highest BCUT2D eigenvalue weighted by Gasteiger charge is 2.20. The molecule has 0 aliphatic heterocycles. The van der Waals surface area contributed by atoms with E-state index < -0.39 is 24.0 Å². The van der Waals surface area contributed by atoms with Gasteiger partial charge in [0.15, 0.2) is 5.78 Å². The molecule has 0 aromatic heterocycles. The molecule has 7 nitrogen and oxygen atoms in total. The van der Waals surface area contributed by atoms with Gasteiger partial charge in [0, 0.05) is 25.4 Å². The number of amides is 2. The molecule has 0 aliphatic carbocycles. The van der Waals surface area contributed by atoms with Gasteiger partial charge in [-0.15, -0.1) is 0 Å². The van der Waals surface area contributed by atoms with E-state index >= 15 is 0 Å². The van der Waals surface area contributed by atoms with Crippen molar-refractivity contribution in [3.63, 3.8) is 0 Å². The van der Waals surface area contributed by atoms with Crippen LogP contribution in [0.15, 0.2) is 0 Å². The van der Waals surface area contributed by atoms with Crippen LogP contribution in [0.2, 0.25) is 0 Å². The first-order chi connectivity index (χ1) is 9.23. The van der Waals surface area contributed by atoms with Gasteiger partial charge in [-0.1, -0.05) is 21.6 Å². The molecule has 114 valence electrons. The molecule has 3 N–H and O–H groups in total. The summed E-state index contributed by atoms with van der Waals surface area (Å²) in [6, 6.07) is -1.56. The van der Waals surface area contributed by atoms with Crippen molar-refractivity contribution >= 4 is 45.2 Å². The lowest BCUT2D eigenvalue weighted by Crippen LogP contribution is -2.41. The highest BCUT2D eigenvalue weighted by Crippen LogP contribution is 2.23. The lowest BCUT2D eigenvalue weighted by molar-refractivity contribution is -0.140. The van der Waals surface area contributed by atoms with Crippen LogP contribution in [0, 0.1) is 0 Å². The number of carbonyl (C=O) groups is 4. The summed E-state index contributed by atoms with van der Waals surface area (Å²) in [5.41, 5.74) is 0. The van der Waals surface area contributed by atoms with Gasteiger partial charge in [0.25, 0.3) is 0 Å². The Bertz CT molecular complexity index is 353. The van der Waals surface area contributed by atoms with Crippen LogP contribution in [-0.4, -0.2) is 52.3 Å². The van der Waals surface area contributed by atoms with Gasteiger partial charge in [0.05, 0.1) is 6.04 Å². The van der Waals surface area contributed by atoms with E-state index in [-0.39, 0.29) is 17.4 Å². The highest BCUT2D eigenvalue weighted by molar-refractivity contribution is 8.76. The highest BCUT2D eigenvalue weighted by atomic mass is 33.1. The Kier molecular flexibility index (Phi) is 9.06. The minimum absolute atomic E-state index is 0.162. The standard InChI is InChI=1S/C11H18N2O5S2/c1-6(14)9(12-7(2)15)4-19-20-5-10(11(17)18)13-8(3)16/h9-10H,4-5H2,1-3H3,(H,12,15)(H,13,16)(H,17,18). The van der Waals surface area contributed by atoms with Crippen molar-refractivity contribution in [1.82, 2.24) is 10.6 Å². The molecule has 2 unspecified atom stereocenters. The van der Waals surface area contributed by atoms with Crippen molar-refractivity contribution in [3.8, 4) is 0 Å². The van der Waals surface area contributed by atoms with Crippen molar-refractivity contribution in [3.05, 3.63) is 0 Å². The maximum atomic E-state index is 11.3. The third-order valence-electron chi connectivity index (χ3n) is 2.10. The zero-order chi connectivity index (χ0) is 15.7. The molecule has 0 saturated carbocycles. The number of ketones is 1. The van der Waals surface area contributed by atoms with E-state index in [4.69, 9.17) is 5.11 Å². The molecule has 0 saturated heterocycles. The summed E-state index contributed by atoms with van der Waals surface area (Å²) >= 11 is 0. The average molecular weight is 322 g/mol. The topological polar surface area (TPSA) is 113 Å². The molecular weight excluding hydrogens is 304 g/mol. The van der Waals surface area contributed by atoms with Crippen LogP contribution in [0.5, 0.6) is 0 Å². The Balaban J connectivity index is 4.13. The number of rotatable bonds is 9. The van der Waals surface area contributed by atoms with E-state index in [1.807, 2.05) is 0 Å². The first-order valence-electron chi connectivity index (χ1n) is 5.76. The van der Waals surface area contributed by atoms with Crippen molar-refractivity contribution in [1.29, 1.82) is 0 Å². The monoisotopic (exact) mass is 322 g/mol. The van der Waals surface area contributed by atoms with E-state index in [2.05, 4.69) is 10.6 Å². The quantitative estimate of drug-likeness (QED) is 0.406. The number of hydrogen-bond acceptors (Lipinski definition) is 6. The molecule has 0 radical (unpaired) electrons. The van der Waals surface area contributed by atoms with E-state index in [9.17, 15) is 19.2 Å². The SMILES string of the molecule is CC(=O)NC(CSSCC(NC(C)=O)C(=O)O)C(C)=O. The largest absolute Gasteiger partial charge is 0.480 e. The molecule has 0 fully saturated rings. The lowest BCUT2D eigenvalue weighted by atomic mass is 10.2. The minimum atomic E-state index is -1.11. The predicted octanol–water partition coefficient (Wildman–Crippen LogP) is 0.0508. The maximum absolute atomic E-state index is 11.3. The predicted molar refractivity (Wildman–Crippen MR) is 78.4 cm³/mol. The van der Waals surface area contributed by atoms with Gasteiger partial charge < -0.3 is 15.7 Å². The second-order valence-electron chi connectivity index (χ2n) is 4.02. The lowest BCUT2D eigenvalue weighted by Gasteiger charge is -2.15. The van der Waals surface area contributed by atoms with Crippen LogP contribution in [0.3, 0.4) is 0 Å². The number of hydrogen-bond donors (Lipinski definition) is 3. The smallest absolute Gasteiger partial charge is 0.327 e. The van der Waals surface area contributed by atoms with E-state index in [0.717, 1.165) is 0 Å². The number of carboxylic acid groups (broad SMARTS) is 1. The molecular formula is C11H18N2O5S2. The molecule has 2 amide bonds. The van der Waals surface area contributed by atoms with Crippen LogP contribution in [-0.2, 0) is 19.2 Å². The Hall–Kier alpha value is -1.22. The summed E-state index contributed by atoms with van der Waals surface area (Å²) in [5, 5.41) is 13.7. The first-order valence-corrected chi connectivity index (χ1v) is 8.24. The summed E-state index contributed by atoms with van der Waals surface area (Å²) in [6.07, 6.45) is 0. The number of carboxylic acids is 1. The summed E-state index contributed by atoms with van der Waals surface area (Å²) < 4.78 is 0. The third-order valence-corrected chi connectivity index (χ3v) is 4.52. The summed E-state index contributed by atoms with van der Waals surface area (Å²) in [4.78, 5) is 43.9. The van der Waals surface area contributed by atoms with Gasteiger partial charge in [-0.05, 0) is 6.92 Å². The van der Waals surface area contributed by atoms with Gasteiger partial charge in [0.1, 0.15) is 6.04 Å². The molecule has 0 heterocycles. The van der Waals surface area contributed by atoms with Crippen LogP contribution >= 0.6 is 21.6 Å². The Labute approximate surface area is 125 Å². The normalized spacial score (nSPS) is 13.2. The molecule has 9 heteroatoms. The van der Waals surface area contributed by atoms with Crippen LogP contribution in [0.1, 0.15) is 20.8 Å². The van der Waals surface area contributed by atoms with E-state index in [1.54, 1.807) is 0 Å². The number of nitrogens with one attached hydrogen (secondary N) is 2. The van der Waals surface area contributed by atoms with Gasteiger partial charge in [0.2, 0.25) is 11.8 Å². The Morgan fingerprint density at radius 1 is 0.900 bits per heavy atom. The second kappa shape index (κ2) is 9.65. The summed E-state index contributed by atoms with van der Waals surface area (Å²) in [7, 11) is 2.49. The van der Waals surface area contributed by atoms with Crippen molar-refractivity contribution in [2.45, 2.75) is 32.9 Å². The minimum Gasteiger partial charge on any atom is -0.480 e. The number of carbonyl (C=O) groups excluding carboxylic acids is 3. The first kappa shape index (κ1) is 18.8. The fourth-order valence-corrected chi connectivity index (χ4v) is 3.56. The molecule has 20 heavy (non-hydrogen) atoms. The number of aliphatic carboxylic acids is 1. The van der Waals surface area contributed by atoms with Gasteiger partial charge in [-0.3, -0.25) is 14.4 Å². The Morgan fingerprint density at radius 3 is 1.65 bits per heavy atom. The molecule has 0 aliphatic rings. The molecule has 2 atom stereocenters. The maximum Gasteiger partial charge on any atom is 0.327 e.